The predicted octanol–water partition coefficient (Wildman–Crippen LogP) is 3.81. The number of fused-ring (bicyclic) bond motifs is 1. The second kappa shape index (κ2) is 8.29. The molecule has 1 N–H and O–H groups in total. The van der Waals surface area contributed by atoms with Crippen molar-refractivity contribution in [1.82, 2.24) is 19.9 Å². The quantitative estimate of drug-likeness (QED) is 0.669. The summed E-state index contributed by atoms with van der Waals surface area (Å²) in [5, 5.41) is 0. The second-order valence-electron chi connectivity index (χ2n) is 7.05. The van der Waals surface area contributed by atoms with Crippen molar-refractivity contribution in [2.75, 3.05) is 12.3 Å². The van der Waals surface area contributed by atoms with Crippen LogP contribution in [0.3, 0.4) is 0 Å². The van der Waals surface area contributed by atoms with Gasteiger partial charge in [-0.2, -0.15) is 0 Å². The van der Waals surface area contributed by atoms with Gasteiger partial charge in [0.05, 0.1) is 17.0 Å². The van der Waals surface area contributed by atoms with E-state index in [1.54, 1.807) is 0 Å². The van der Waals surface area contributed by atoms with Gasteiger partial charge in [-0.05, 0) is 36.4 Å². The van der Waals surface area contributed by atoms with Crippen LogP contribution in [0.2, 0.25) is 0 Å². The van der Waals surface area contributed by atoms with Crippen molar-refractivity contribution < 1.29 is 0 Å². The number of benzene rings is 1. The standard InChI is InChI=1S/C22H24N4OS/c1-3-28-18-7-5-17(6-8-18)20-9-4-16(12-23-20)13-26-11-10-21-19(14-26)22(27)25-15(2)24-21/h4-9,12H,3,10-11,13-14H2,1-2H3,(H,24,25,27). The highest BCUT2D eigenvalue weighted by atomic mass is 32.2. The summed E-state index contributed by atoms with van der Waals surface area (Å²) in [6.45, 7) is 6.31. The summed E-state index contributed by atoms with van der Waals surface area (Å²) < 4.78 is 0. The molecule has 0 saturated heterocycles. The molecule has 1 aliphatic rings. The fourth-order valence-corrected chi connectivity index (χ4v) is 4.24. The maximum Gasteiger partial charge on any atom is 0.255 e. The Morgan fingerprint density at radius 2 is 2.00 bits per heavy atom. The Kier molecular flexibility index (Phi) is 5.59. The third-order valence-electron chi connectivity index (χ3n) is 4.96. The number of H-pyrrole nitrogens is 1. The van der Waals surface area contributed by atoms with E-state index in [1.165, 1.54) is 4.90 Å². The van der Waals surface area contributed by atoms with Gasteiger partial charge in [-0.3, -0.25) is 14.7 Å². The van der Waals surface area contributed by atoms with Gasteiger partial charge >= 0.3 is 0 Å². The predicted molar refractivity (Wildman–Crippen MR) is 113 cm³/mol. The third kappa shape index (κ3) is 4.18. The number of aromatic nitrogens is 3. The summed E-state index contributed by atoms with van der Waals surface area (Å²) >= 11 is 1.84. The van der Waals surface area contributed by atoms with E-state index in [-0.39, 0.29) is 5.56 Å². The summed E-state index contributed by atoms with van der Waals surface area (Å²) in [5.74, 6) is 1.77. The summed E-state index contributed by atoms with van der Waals surface area (Å²) in [4.78, 5) is 27.7. The van der Waals surface area contributed by atoms with Crippen LogP contribution in [0.25, 0.3) is 11.3 Å². The SMILES string of the molecule is CCSc1ccc(-c2ccc(CN3CCc4nc(C)[nH]c(=O)c4C3)cn2)cc1. The number of aromatic amines is 1. The molecule has 0 atom stereocenters. The number of thioether (sulfide) groups is 1. The van der Waals surface area contributed by atoms with Crippen LogP contribution < -0.4 is 5.56 Å². The minimum Gasteiger partial charge on any atom is -0.310 e. The van der Waals surface area contributed by atoms with Crippen LogP contribution in [0, 0.1) is 6.92 Å². The smallest absolute Gasteiger partial charge is 0.255 e. The van der Waals surface area contributed by atoms with Gasteiger partial charge in [0, 0.05) is 42.7 Å². The van der Waals surface area contributed by atoms with E-state index in [9.17, 15) is 4.79 Å². The van der Waals surface area contributed by atoms with Crippen molar-refractivity contribution in [2.45, 2.75) is 38.3 Å². The van der Waals surface area contributed by atoms with Gasteiger partial charge in [0.2, 0.25) is 0 Å². The van der Waals surface area contributed by atoms with Crippen molar-refractivity contribution in [1.29, 1.82) is 0 Å². The molecule has 144 valence electrons. The van der Waals surface area contributed by atoms with Crippen molar-refractivity contribution >= 4 is 11.8 Å². The molecular formula is C22H24N4OS. The normalized spacial score (nSPS) is 14.1. The van der Waals surface area contributed by atoms with Crippen LogP contribution >= 0.6 is 11.8 Å². The molecule has 0 aliphatic carbocycles. The third-order valence-corrected chi connectivity index (χ3v) is 5.85. The lowest BCUT2D eigenvalue weighted by Crippen LogP contribution is -2.35. The summed E-state index contributed by atoms with van der Waals surface area (Å²) in [7, 11) is 0. The number of nitrogens with one attached hydrogen (secondary N) is 1. The Balaban J connectivity index is 1.44. The van der Waals surface area contributed by atoms with Crippen LogP contribution in [-0.4, -0.2) is 32.1 Å². The molecule has 0 spiro atoms. The maximum absolute atomic E-state index is 12.2. The molecule has 0 fully saturated rings. The number of aryl methyl sites for hydroxylation is 1. The molecule has 1 aliphatic heterocycles. The Morgan fingerprint density at radius 3 is 2.71 bits per heavy atom. The van der Waals surface area contributed by atoms with Crippen LogP contribution in [0.1, 0.15) is 29.6 Å². The van der Waals surface area contributed by atoms with E-state index >= 15 is 0 Å². The highest BCUT2D eigenvalue weighted by Gasteiger charge is 2.20. The molecule has 6 heteroatoms. The monoisotopic (exact) mass is 392 g/mol. The van der Waals surface area contributed by atoms with Crippen molar-refractivity contribution in [3.8, 4) is 11.3 Å². The molecular weight excluding hydrogens is 368 g/mol. The first-order valence-electron chi connectivity index (χ1n) is 9.61. The zero-order chi connectivity index (χ0) is 19.5. The van der Waals surface area contributed by atoms with Crippen molar-refractivity contribution in [2.24, 2.45) is 0 Å². The first-order chi connectivity index (χ1) is 13.6. The zero-order valence-electron chi connectivity index (χ0n) is 16.2. The maximum atomic E-state index is 12.2. The molecule has 0 bridgehead atoms. The minimum absolute atomic E-state index is 0.00893. The number of hydrogen-bond acceptors (Lipinski definition) is 5. The van der Waals surface area contributed by atoms with Gasteiger partial charge in [-0.1, -0.05) is 25.1 Å². The lowest BCUT2D eigenvalue weighted by atomic mass is 10.1. The van der Waals surface area contributed by atoms with E-state index < -0.39 is 0 Å². The molecule has 0 amide bonds. The number of hydrogen-bond donors (Lipinski definition) is 1. The van der Waals surface area contributed by atoms with E-state index in [2.05, 4.69) is 63.2 Å². The van der Waals surface area contributed by atoms with Crippen LogP contribution in [-0.2, 0) is 19.5 Å². The highest BCUT2D eigenvalue weighted by Crippen LogP contribution is 2.23. The van der Waals surface area contributed by atoms with Gasteiger partial charge < -0.3 is 4.98 Å². The highest BCUT2D eigenvalue weighted by molar-refractivity contribution is 7.99. The second-order valence-corrected chi connectivity index (χ2v) is 8.38. The largest absolute Gasteiger partial charge is 0.310 e. The van der Waals surface area contributed by atoms with Gasteiger partial charge in [0.15, 0.2) is 0 Å². The Bertz CT molecular complexity index is 1010. The molecule has 0 radical (unpaired) electrons. The number of rotatable bonds is 5. The minimum atomic E-state index is -0.00893. The first kappa shape index (κ1) is 18.9. The lowest BCUT2D eigenvalue weighted by Gasteiger charge is -2.27. The summed E-state index contributed by atoms with van der Waals surface area (Å²) in [6.07, 6.45) is 2.75. The molecule has 2 aromatic heterocycles. The molecule has 0 saturated carbocycles. The fourth-order valence-electron chi connectivity index (χ4n) is 3.58. The van der Waals surface area contributed by atoms with Crippen LogP contribution in [0.5, 0.6) is 0 Å². The van der Waals surface area contributed by atoms with Crippen molar-refractivity contribution in [3.05, 3.63) is 75.6 Å². The van der Waals surface area contributed by atoms with Crippen LogP contribution in [0.15, 0.2) is 52.3 Å². The molecule has 3 heterocycles. The summed E-state index contributed by atoms with van der Waals surface area (Å²) in [6, 6.07) is 12.8. The van der Waals surface area contributed by atoms with E-state index in [1.807, 2.05) is 24.9 Å². The Labute approximate surface area is 169 Å². The van der Waals surface area contributed by atoms with E-state index in [4.69, 9.17) is 0 Å². The molecule has 3 aromatic rings. The van der Waals surface area contributed by atoms with Crippen molar-refractivity contribution in [3.63, 3.8) is 0 Å². The average molecular weight is 393 g/mol. The number of pyridine rings is 1. The Morgan fingerprint density at radius 1 is 1.18 bits per heavy atom. The molecule has 1 aromatic carbocycles. The summed E-state index contributed by atoms with van der Waals surface area (Å²) in [5.41, 5.74) is 5.00. The topological polar surface area (TPSA) is 61.9 Å². The molecule has 4 rings (SSSR count). The van der Waals surface area contributed by atoms with E-state index in [0.29, 0.717) is 12.4 Å². The lowest BCUT2D eigenvalue weighted by molar-refractivity contribution is 0.241. The fraction of sp³-hybridized carbons (Fsp3) is 0.318. The van der Waals surface area contributed by atoms with Gasteiger partial charge in [0.1, 0.15) is 5.82 Å². The number of nitrogens with zero attached hydrogens (tertiary/aromatic N) is 3. The first-order valence-corrected chi connectivity index (χ1v) is 10.6. The zero-order valence-corrected chi connectivity index (χ0v) is 17.1. The Hall–Kier alpha value is -2.44. The van der Waals surface area contributed by atoms with Gasteiger partial charge in [0.25, 0.3) is 5.56 Å². The van der Waals surface area contributed by atoms with Crippen LogP contribution in [0.4, 0.5) is 0 Å². The molecule has 5 nitrogen and oxygen atoms in total. The molecule has 0 unspecified atom stereocenters. The average Bonchev–Trinajstić information content (AvgIpc) is 2.70. The molecule has 28 heavy (non-hydrogen) atoms. The van der Waals surface area contributed by atoms with Gasteiger partial charge in [-0.25, -0.2) is 4.98 Å². The van der Waals surface area contributed by atoms with E-state index in [0.717, 1.165) is 53.3 Å². The van der Waals surface area contributed by atoms with Gasteiger partial charge in [-0.15, -0.1) is 11.8 Å².